The predicted octanol–water partition coefficient (Wildman–Crippen LogP) is -2.92. The third-order valence-corrected chi connectivity index (χ3v) is 4.25. The van der Waals surface area contributed by atoms with Crippen LogP contribution in [0.3, 0.4) is 0 Å². The summed E-state index contributed by atoms with van der Waals surface area (Å²) < 4.78 is 6.74. The Morgan fingerprint density at radius 3 is 2.45 bits per heavy atom. The number of carbonyl (C=O) groups is 3. The van der Waals surface area contributed by atoms with E-state index < -0.39 is 67.2 Å². The van der Waals surface area contributed by atoms with Crippen molar-refractivity contribution < 1.29 is 34.4 Å². The van der Waals surface area contributed by atoms with Gasteiger partial charge in [0, 0.05) is 24.7 Å². The van der Waals surface area contributed by atoms with Crippen LogP contribution in [-0.2, 0) is 19.1 Å². The summed E-state index contributed by atoms with van der Waals surface area (Å²) in [6.07, 6.45) is -1.33. The van der Waals surface area contributed by atoms with Gasteiger partial charge < -0.3 is 25.4 Å². The Bertz CT molecular complexity index is 877. The number of aliphatic carboxylic acids is 2. The number of aromatic amines is 1. The summed E-state index contributed by atoms with van der Waals surface area (Å²) in [7, 11) is 0. The number of aliphatic hydroxyl groups is 1. The van der Waals surface area contributed by atoms with Crippen LogP contribution in [0.5, 0.6) is 0 Å². The molecule has 29 heavy (non-hydrogen) atoms. The largest absolute Gasteiger partial charge is 0.480 e. The first-order valence-corrected chi connectivity index (χ1v) is 8.65. The normalized spacial score (nSPS) is 21.3. The molecule has 0 radical (unpaired) electrons. The number of ether oxygens (including phenoxy) is 1. The maximum Gasteiger partial charge on any atom is 0.330 e. The van der Waals surface area contributed by atoms with Crippen molar-refractivity contribution in [1.82, 2.24) is 19.8 Å². The number of aliphatic hydroxyl groups excluding tert-OH is 1. The Hall–Kier alpha value is -3.03. The monoisotopic (exact) mass is 414 g/mol. The number of hydrogen-bond donors (Lipinski definition) is 5. The van der Waals surface area contributed by atoms with Crippen molar-refractivity contribution in [3.05, 3.63) is 32.6 Å². The van der Waals surface area contributed by atoms with E-state index in [0.29, 0.717) is 0 Å². The fourth-order valence-corrected chi connectivity index (χ4v) is 2.89. The SMILES string of the molecule is Cc1cn([C@H]2C[C@H](O)[C@@H](CNC(=O)CN(CC(=O)O)CC(=O)O)O2)c(=O)[nH]c1=O. The van der Waals surface area contributed by atoms with Crippen molar-refractivity contribution in [3.63, 3.8) is 0 Å². The summed E-state index contributed by atoms with van der Waals surface area (Å²) in [5.74, 6) is -3.21. The first kappa shape index (κ1) is 22.3. The smallest absolute Gasteiger partial charge is 0.330 e. The molecule has 0 bridgehead atoms. The fraction of sp³-hybridized carbons (Fsp3) is 0.562. The van der Waals surface area contributed by atoms with E-state index in [1.54, 1.807) is 0 Å². The van der Waals surface area contributed by atoms with Crippen molar-refractivity contribution in [3.8, 4) is 0 Å². The lowest BCUT2D eigenvalue weighted by Gasteiger charge is -2.19. The number of aryl methyl sites for hydroxylation is 1. The predicted molar refractivity (Wildman–Crippen MR) is 95.3 cm³/mol. The standard InChI is InChI=1S/C16H22N4O9/c1-8-4-20(16(28)18-15(8)27)12-2-9(21)10(29-12)3-17-11(22)5-19(6-13(23)24)7-14(25)26/h4,9-10,12,21H,2-3,5-7H2,1H3,(H,17,22)(H,23,24)(H,25,26)(H,18,27,28)/t9-,10+,12+/m0/s1. The second-order valence-corrected chi connectivity index (χ2v) is 6.65. The Morgan fingerprint density at radius 2 is 1.86 bits per heavy atom. The van der Waals surface area contributed by atoms with Gasteiger partial charge in [-0.25, -0.2) is 4.79 Å². The van der Waals surface area contributed by atoms with Gasteiger partial charge in [0.2, 0.25) is 5.91 Å². The van der Waals surface area contributed by atoms with E-state index in [9.17, 15) is 29.1 Å². The zero-order valence-electron chi connectivity index (χ0n) is 15.5. The van der Waals surface area contributed by atoms with Crippen LogP contribution in [-0.4, -0.2) is 86.0 Å². The molecule has 0 spiro atoms. The van der Waals surface area contributed by atoms with E-state index >= 15 is 0 Å². The molecule has 0 aliphatic carbocycles. The van der Waals surface area contributed by atoms with Crippen molar-refractivity contribution in [1.29, 1.82) is 0 Å². The van der Waals surface area contributed by atoms with E-state index in [1.165, 1.54) is 13.1 Å². The molecule has 1 aliphatic heterocycles. The van der Waals surface area contributed by atoms with Gasteiger partial charge in [-0.3, -0.25) is 33.6 Å². The zero-order valence-corrected chi connectivity index (χ0v) is 15.5. The van der Waals surface area contributed by atoms with E-state index in [0.717, 1.165) is 9.47 Å². The molecular weight excluding hydrogens is 392 g/mol. The third-order valence-electron chi connectivity index (χ3n) is 4.25. The zero-order chi connectivity index (χ0) is 21.7. The van der Waals surface area contributed by atoms with Gasteiger partial charge in [-0.1, -0.05) is 0 Å². The maximum absolute atomic E-state index is 12.0. The van der Waals surface area contributed by atoms with Gasteiger partial charge in [0.05, 0.1) is 25.7 Å². The number of nitrogens with zero attached hydrogens (tertiary/aromatic N) is 2. The summed E-state index contributed by atoms with van der Waals surface area (Å²) in [5.41, 5.74) is -0.933. The molecular formula is C16H22N4O9. The molecule has 1 amide bonds. The molecule has 1 aliphatic rings. The number of amides is 1. The molecule has 1 aromatic rings. The molecule has 0 saturated carbocycles. The van der Waals surface area contributed by atoms with E-state index in [4.69, 9.17) is 14.9 Å². The summed E-state index contributed by atoms with van der Waals surface area (Å²) in [5, 5.41) is 30.1. The van der Waals surface area contributed by atoms with Gasteiger partial charge in [0.1, 0.15) is 12.3 Å². The van der Waals surface area contributed by atoms with Crippen LogP contribution in [0.25, 0.3) is 0 Å². The minimum absolute atomic E-state index is 0.0517. The van der Waals surface area contributed by atoms with E-state index in [-0.39, 0.29) is 18.5 Å². The highest BCUT2D eigenvalue weighted by Crippen LogP contribution is 2.27. The molecule has 13 heteroatoms. The van der Waals surface area contributed by atoms with Crippen LogP contribution in [0.15, 0.2) is 15.8 Å². The average Bonchev–Trinajstić information content (AvgIpc) is 2.95. The lowest BCUT2D eigenvalue weighted by Crippen LogP contribution is -2.45. The third kappa shape index (κ3) is 6.23. The molecule has 0 unspecified atom stereocenters. The van der Waals surface area contributed by atoms with Gasteiger partial charge >= 0.3 is 17.6 Å². The highest BCUT2D eigenvalue weighted by Gasteiger charge is 2.35. The van der Waals surface area contributed by atoms with Crippen LogP contribution < -0.4 is 16.6 Å². The Morgan fingerprint density at radius 1 is 1.24 bits per heavy atom. The van der Waals surface area contributed by atoms with Gasteiger partial charge in [-0.05, 0) is 6.92 Å². The highest BCUT2D eigenvalue weighted by molar-refractivity contribution is 5.80. The molecule has 1 aromatic heterocycles. The topological polar surface area (TPSA) is 191 Å². The lowest BCUT2D eigenvalue weighted by atomic mass is 10.2. The summed E-state index contributed by atoms with van der Waals surface area (Å²) in [6, 6.07) is 0. The van der Waals surface area contributed by atoms with Crippen LogP contribution in [0, 0.1) is 6.92 Å². The van der Waals surface area contributed by atoms with Crippen LogP contribution in [0.1, 0.15) is 18.2 Å². The highest BCUT2D eigenvalue weighted by atomic mass is 16.5. The Kier molecular flexibility index (Phi) is 7.25. The van der Waals surface area contributed by atoms with Gasteiger partial charge in [-0.2, -0.15) is 0 Å². The molecule has 1 fully saturated rings. The molecule has 2 heterocycles. The molecule has 1 saturated heterocycles. The minimum Gasteiger partial charge on any atom is -0.480 e. The number of hydrogen-bond acceptors (Lipinski definition) is 8. The molecule has 13 nitrogen and oxygen atoms in total. The average molecular weight is 414 g/mol. The van der Waals surface area contributed by atoms with E-state index in [2.05, 4.69) is 10.3 Å². The number of carbonyl (C=O) groups excluding carboxylic acids is 1. The Balaban J connectivity index is 1.94. The first-order chi connectivity index (χ1) is 13.6. The summed E-state index contributed by atoms with van der Waals surface area (Å²) >= 11 is 0. The van der Waals surface area contributed by atoms with Crippen LogP contribution in [0.2, 0.25) is 0 Å². The van der Waals surface area contributed by atoms with Crippen molar-refractivity contribution in [2.75, 3.05) is 26.2 Å². The second-order valence-electron chi connectivity index (χ2n) is 6.65. The fourth-order valence-electron chi connectivity index (χ4n) is 2.89. The number of H-pyrrole nitrogens is 1. The minimum atomic E-state index is -1.28. The molecule has 2 rings (SSSR count). The van der Waals surface area contributed by atoms with Gasteiger partial charge in [-0.15, -0.1) is 0 Å². The number of rotatable bonds is 9. The van der Waals surface area contributed by atoms with Gasteiger partial charge in [0.25, 0.3) is 5.56 Å². The van der Waals surface area contributed by atoms with Gasteiger partial charge in [0.15, 0.2) is 0 Å². The summed E-state index contributed by atoms with van der Waals surface area (Å²) in [6.45, 7) is -0.347. The molecule has 160 valence electrons. The molecule has 5 N–H and O–H groups in total. The first-order valence-electron chi connectivity index (χ1n) is 8.65. The van der Waals surface area contributed by atoms with E-state index in [1.807, 2.05) is 0 Å². The number of nitrogens with one attached hydrogen (secondary N) is 2. The Labute approximate surface area is 163 Å². The number of carboxylic acid groups (broad SMARTS) is 2. The van der Waals surface area contributed by atoms with Crippen molar-refractivity contribution in [2.24, 2.45) is 0 Å². The summed E-state index contributed by atoms with van der Waals surface area (Å²) in [4.78, 5) is 60.0. The maximum atomic E-state index is 12.0. The van der Waals surface area contributed by atoms with Crippen LogP contribution >= 0.6 is 0 Å². The quantitative estimate of drug-likeness (QED) is 0.280. The number of carboxylic acids is 2. The number of aromatic nitrogens is 2. The lowest BCUT2D eigenvalue weighted by molar-refractivity contribution is -0.142. The second kappa shape index (κ2) is 9.45. The molecule has 0 aromatic carbocycles. The van der Waals surface area contributed by atoms with Crippen molar-refractivity contribution >= 4 is 17.8 Å². The van der Waals surface area contributed by atoms with Crippen LogP contribution in [0.4, 0.5) is 0 Å². The van der Waals surface area contributed by atoms with Crippen molar-refractivity contribution in [2.45, 2.75) is 31.8 Å². The molecule has 3 atom stereocenters.